The number of benzene rings is 1. The Morgan fingerprint density at radius 2 is 1.49 bits per heavy atom. The number of ether oxygens (including phenoxy) is 1. The van der Waals surface area contributed by atoms with E-state index >= 15 is 0 Å². The van der Waals surface area contributed by atoms with Crippen molar-refractivity contribution in [2.75, 3.05) is 26.2 Å². The van der Waals surface area contributed by atoms with Gasteiger partial charge in [0.1, 0.15) is 18.3 Å². The molecule has 4 N–H and O–H groups in total. The van der Waals surface area contributed by atoms with Crippen LogP contribution in [0.3, 0.4) is 0 Å². The second-order valence-electron chi connectivity index (χ2n) is 10.5. The molecule has 43 heavy (non-hydrogen) atoms. The first kappa shape index (κ1) is 36.7. The van der Waals surface area contributed by atoms with Crippen LogP contribution in [0.5, 0.6) is 0 Å². The number of unbranched alkanes of at least 4 members (excludes halogenated alkanes) is 3. The third-order valence-electron chi connectivity index (χ3n) is 7.00. The van der Waals surface area contributed by atoms with Crippen LogP contribution in [-0.4, -0.2) is 84.4 Å². The smallest absolute Gasteiger partial charge is 0.387 e. The molecule has 14 heteroatoms. The molecule has 0 spiro atoms. The number of carbonyl (C=O) groups excluding carboxylic acids is 1. The maximum atomic E-state index is 12.8. The Hall–Kier alpha value is -2.48. The Kier molecular flexibility index (Phi) is 15.7. The van der Waals surface area contributed by atoms with Gasteiger partial charge in [-0.2, -0.15) is 0 Å². The van der Waals surface area contributed by atoms with E-state index in [2.05, 4.69) is 30.2 Å². The minimum Gasteiger partial charge on any atom is -0.387 e. The lowest BCUT2D eigenvalue weighted by Crippen LogP contribution is -2.44. The third-order valence-corrected chi connectivity index (χ3v) is 7.48. The lowest BCUT2D eigenvalue weighted by molar-refractivity contribution is -0.0548. The van der Waals surface area contributed by atoms with Crippen molar-refractivity contribution in [3.05, 3.63) is 69.0 Å². The molecule has 13 nitrogen and oxygen atoms in total. The van der Waals surface area contributed by atoms with Gasteiger partial charge in [0, 0.05) is 17.8 Å². The van der Waals surface area contributed by atoms with Crippen molar-refractivity contribution in [1.82, 2.24) is 14.0 Å². The molecule has 1 aliphatic rings. The number of aliphatic hydroxyl groups is 2. The molecule has 2 aromatic rings. The summed E-state index contributed by atoms with van der Waals surface area (Å²) in [5.41, 5.74) is -1.43. The van der Waals surface area contributed by atoms with E-state index < -0.39 is 62.5 Å². The number of nitrogens with zero attached hydrogens (tertiary/aromatic N) is 3. The van der Waals surface area contributed by atoms with Crippen LogP contribution in [-0.2, 0) is 20.4 Å². The number of hydrogen-bond acceptors (Lipinski definition) is 9. The lowest BCUT2D eigenvalue weighted by atomic mass is 10.1. The molecule has 1 saturated heterocycles. The normalized spacial score (nSPS) is 20.2. The van der Waals surface area contributed by atoms with Crippen molar-refractivity contribution in [2.24, 2.45) is 0 Å². The summed E-state index contributed by atoms with van der Waals surface area (Å²) in [6.07, 6.45) is 3.00. The maximum absolute atomic E-state index is 12.8. The first-order valence-corrected chi connectivity index (χ1v) is 16.3. The zero-order valence-corrected chi connectivity index (χ0v) is 26.1. The molecule has 2 heterocycles. The van der Waals surface area contributed by atoms with E-state index in [4.69, 9.17) is 14.5 Å². The van der Waals surface area contributed by atoms with Crippen molar-refractivity contribution >= 4 is 13.6 Å². The van der Waals surface area contributed by atoms with Crippen molar-refractivity contribution < 1.29 is 38.6 Å². The van der Waals surface area contributed by atoms with Crippen molar-refractivity contribution in [3.8, 4) is 0 Å². The molecule has 242 valence electrons. The third kappa shape index (κ3) is 11.8. The van der Waals surface area contributed by atoms with Crippen LogP contribution in [0, 0.1) is 0 Å². The first-order chi connectivity index (χ1) is 20.4. The Labute approximate surface area is 251 Å². The number of aliphatic hydroxyl groups excluding tert-OH is 2. The molecule has 0 aliphatic carbocycles. The predicted molar refractivity (Wildman–Crippen MR) is 161 cm³/mol. The molecule has 1 fully saturated rings. The Morgan fingerprint density at radius 3 is 2.00 bits per heavy atom. The molecule has 1 aromatic heterocycles. The largest absolute Gasteiger partial charge is 0.469 e. The zero-order valence-electron chi connectivity index (χ0n) is 25.2. The number of rotatable bonds is 16. The number of hydrogen-bond donors (Lipinski definition) is 4. The van der Waals surface area contributed by atoms with E-state index in [1.807, 2.05) is 0 Å². The van der Waals surface area contributed by atoms with E-state index in [1.54, 1.807) is 18.2 Å². The second-order valence-corrected chi connectivity index (χ2v) is 11.7. The minimum atomic E-state index is -4.85. The van der Waals surface area contributed by atoms with E-state index in [0.29, 0.717) is 10.1 Å². The summed E-state index contributed by atoms with van der Waals surface area (Å²) in [4.78, 5) is 57.4. The van der Waals surface area contributed by atoms with Gasteiger partial charge in [-0.25, -0.2) is 9.36 Å². The van der Waals surface area contributed by atoms with Crippen molar-refractivity contribution in [2.45, 2.75) is 90.4 Å². The average Bonchev–Trinajstić information content (AvgIpc) is 3.26. The van der Waals surface area contributed by atoms with Gasteiger partial charge in [-0.1, -0.05) is 70.4 Å². The van der Waals surface area contributed by atoms with Gasteiger partial charge in [-0.3, -0.25) is 23.2 Å². The molecule has 0 amide bonds. The number of phosphoric acid groups is 1. The molecule has 0 saturated carbocycles. The number of carbonyl (C=O) groups is 1. The van der Waals surface area contributed by atoms with Crippen LogP contribution >= 0.6 is 7.82 Å². The zero-order chi connectivity index (χ0) is 32.0. The van der Waals surface area contributed by atoms with Crippen molar-refractivity contribution in [3.63, 3.8) is 0 Å². The quantitative estimate of drug-likeness (QED) is 0.158. The summed E-state index contributed by atoms with van der Waals surface area (Å²) < 4.78 is 21.9. The van der Waals surface area contributed by atoms with Crippen LogP contribution < -0.4 is 11.2 Å². The fraction of sp³-hybridized carbons (Fsp3) is 0.621. The van der Waals surface area contributed by atoms with Gasteiger partial charge >= 0.3 is 13.5 Å². The molecule has 1 aromatic carbocycles. The summed E-state index contributed by atoms with van der Waals surface area (Å²) in [6, 6.07) is 9.00. The highest BCUT2D eigenvalue weighted by molar-refractivity contribution is 7.46. The van der Waals surface area contributed by atoms with E-state index in [9.17, 15) is 29.2 Å². The second kappa shape index (κ2) is 18.4. The van der Waals surface area contributed by atoms with Crippen LogP contribution in [0.25, 0.3) is 0 Å². The standard InChI is InChI=1S/C17H19N2O10P.C12H27N/c20-11(10-4-2-1-3-5-10)8-19-13(21)6-7-18(17(19)24)16-15(23)14(22)12(29-16)9-28-30(25,26)27;1-4-7-10-13(11-8-5-2)12-9-6-3/h1-7,12,14-16,22-23H,8-9H2,(H2,25,26,27);4-12H2,1-3H3/t12-,14-,15-,16-;/m1./s1. The minimum absolute atomic E-state index is 0.293. The van der Waals surface area contributed by atoms with Crippen LogP contribution in [0.15, 0.2) is 52.2 Å². The van der Waals surface area contributed by atoms with Gasteiger partial charge in [0.25, 0.3) is 5.56 Å². The Balaban J connectivity index is 0.000000420. The highest BCUT2D eigenvalue weighted by atomic mass is 31.2. The highest BCUT2D eigenvalue weighted by Crippen LogP contribution is 2.38. The average molecular weight is 628 g/mol. The predicted octanol–water partition coefficient (Wildman–Crippen LogP) is 2.31. The highest BCUT2D eigenvalue weighted by Gasteiger charge is 2.45. The first-order valence-electron chi connectivity index (χ1n) is 14.8. The number of ketones is 1. The van der Waals surface area contributed by atoms with E-state index in [1.165, 1.54) is 70.3 Å². The van der Waals surface area contributed by atoms with Gasteiger partial charge in [0.2, 0.25) is 0 Å². The number of phosphoric ester groups is 1. The summed E-state index contributed by atoms with van der Waals surface area (Å²) in [6.45, 7) is 9.47. The van der Waals surface area contributed by atoms with E-state index in [0.717, 1.165) is 16.8 Å². The fourth-order valence-electron chi connectivity index (χ4n) is 4.48. The summed E-state index contributed by atoms with van der Waals surface area (Å²) in [7, 11) is -4.85. The van der Waals surface area contributed by atoms with E-state index in [-0.39, 0.29) is 0 Å². The van der Waals surface area contributed by atoms with Gasteiger partial charge < -0.3 is 29.6 Å². The molecule has 1 aliphatic heterocycles. The number of aromatic nitrogens is 2. The number of Topliss-reactive ketones (excluding diaryl/α,β-unsaturated/α-hetero) is 1. The van der Waals surface area contributed by atoms with Gasteiger partial charge in [-0.05, 0) is 38.9 Å². The Morgan fingerprint density at radius 1 is 0.930 bits per heavy atom. The summed E-state index contributed by atoms with van der Waals surface area (Å²) >= 11 is 0. The maximum Gasteiger partial charge on any atom is 0.469 e. The summed E-state index contributed by atoms with van der Waals surface area (Å²) in [5, 5.41) is 20.3. The molecule has 0 bridgehead atoms. The SMILES string of the molecule is CCCCN(CCCC)CCCC.O=C(Cn1c(=O)ccn([C@@H]2O[C@H](COP(=O)(O)O)[C@@H](O)[C@H]2O)c1=O)c1ccccc1. The van der Waals surface area contributed by atoms with Crippen LogP contribution in [0.1, 0.15) is 75.9 Å². The van der Waals surface area contributed by atoms with Crippen LogP contribution in [0.4, 0.5) is 0 Å². The van der Waals surface area contributed by atoms with Gasteiger partial charge in [0.05, 0.1) is 13.2 Å². The Bertz CT molecular complexity index is 1260. The molecular weight excluding hydrogens is 581 g/mol. The topological polar surface area (TPSA) is 181 Å². The molecule has 3 rings (SSSR count). The van der Waals surface area contributed by atoms with Crippen LogP contribution in [0.2, 0.25) is 0 Å². The van der Waals surface area contributed by atoms with Gasteiger partial charge in [0.15, 0.2) is 12.0 Å². The molecule has 0 radical (unpaired) electrons. The van der Waals surface area contributed by atoms with Crippen molar-refractivity contribution in [1.29, 1.82) is 0 Å². The fourth-order valence-corrected chi connectivity index (χ4v) is 4.82. The lowest BCUT2D eigenvalue weighted by Gasteiger charge is -2.21. The molecule has 4 atom stereocenters. The molecular formula is C29H46N3O10P. The summed E-state index contributed by atoms with van der Waals surface area (Å²) in [5.74, 6) is -0.492. The van der Waals surface area contributed by atoms with Gasteiger partial charge in [-0.15, -0.1) is 0 Å². The monoisotopic (exact) mass is 627 g/mol. The molecule has 0 unspecified atom stereocenters.